The first-order valence-corrected chi connectivity index (χ1v) is 3.77. The number of furan rings is 1. The highest BCUT2D eigenvalue weighted by atomic mass is 16.6. The number of carbonyl (C=O) groups excluding carboxylic acids is 2. The van der Waals surface area contributed by atoms with Crippen molar-refractivity contribution in [1.82, 2.24) is 0 Å². The van der Waals surface area contributed by atoms with Gasteiger partial charge in [-0.1, -0.05) is 0 Å². The Labute approximate surface area is 78.7 Å². The first-order valence-electron chi connectivity index (χ1n) is 3.77. The van der Waals surface area contributed by atoms with Crippen molar-refractivity contribution in [2.75, 3.05) is 0 Å². The molecule has 0 aliphatic rings. The molecule has 74 valence electrons. The van der Waals surface area contributed by atoms with Gasteiger partial charge in [0.05, 0.1) is 12.5 Å². The number of Topliss-reactive ketones (excluding diaryl/α,β-unsaturated/α-hetero) is 2. The van der Waals surface area contributed by atoms with Gasteiger partial charge in [0.15, 0.2) is 5.76 Å². The zero-order valence-corrected chi connectivity index (χ0v) is 7.35. The van der Waals surface area contributed by atoms with E-state index in [0.717, 1.165) is 6.07 Å². The van der Waals surface area contributed by atoms with Crippen LogP contribution in [0.5, 0.6) is 0 Å². The van der Waals surface area contributed by atoms with E-state index in [1.165, 1.54) is 13.0 Å². The van der Waals surface area contributed by atoms with E-state index in [2.05, 4.69) is 4.42 Å². The lowest BCUT2D eigenvalue weighted by Crippen LogP contribution is -2.03. The number of hydrogen-bond donors (Lipinski definition) is 0. The molecular weight excluding hydrogens is 190 g/mol. The summed E-state index contributed by atoms with van der Waals surface area (Å²) >= 11 is 0. The minimum absolute atomic E-state index is 0.160. The first-order chi connectivity index (χ1) is 6.50. The number of hydrogen-bond acceptors (Lipinski definition) is 5. The molecule has 0 N–H and O–H groups in total. The fraction of sp³-hybridized carbons (Fsp3) is 0.250. The fourth-order valence-electron chi connectivity index (χ4n) is 0.889. The predicted molar refractivity (Wildman–Crippen MR) is 45.0 cm³/mol. The van der Waals surface area contributed by atoms with Gasteiger partial charge in [-0.05, 0) is 13.0 Å². The molecule has 0 saturated carbocycles. The summed E-state index contributed by atoms with van der Waals surface area (Å²) in [5.74, 6) is -1.52. The zero-order chi connectivity index (χ0) is 10.7. The van der Waals surface area contributed by atoms with Crippen LogP contribution in [0.15, 0.2) is 16.5 Å². The first kappa shape index (κ1) is 10.1. The van der Waals surface area contributed by atoms with Crippen LogP contribution in [0.1, 0.15) is 23.9 Å². The Morgan fingerprint density at radius 2 is 2.14 bits per heavy atom. The van der Waals surface area contributed by atoms with E-state index in [-0.39, 0.29) is 18.0 Å². The smallest absolute Gasteiger partial charge is 0.397 e. The van der Waals surface area contributed by atoms with Gasteiger partial charge in [-0.2, -0.15) is 0 Å². The second-order valence-electron chi connectivity index (χ2n) is 2.70. The Morgan fingerprint density at radius 1 is 1.50 bits per heavy atom. The lowest BCUT2D eigenvalue weighted by atomic mass is 10.2. The largest absolute Gasteiger partial charge is 0.433 e. The van der Waals surface area contributed by atoms with Crippen molar-refractivity contribution in [3.05, 3.63) is 28.0 Å². The van der Waals surface area contributed by atoms with Crippen molar-refractivity contribution in [3.63, 3.8) is 0 Å². The van der Waals surface area contributed by atoms with Gasteiger partial charge in [0.1, 0.15) is 10.7 Å². The van der Waals surface area contributed by atoms with Crippen LogP contribution in [0.4, 0.5) is 5.88 Å². The standard InChI is InChI=1S/C8H7NO5/c1-5(10)4-6(11)7-2-3-8(14-7)9(12)13/h2-3H,4H2,1H3. The maximum atomic E-state index is 11.2. The Kier molecular flexibility index (Phi) is 2.76. The van der Waals surface area contributed by atoms with Gasteiger partial charge in [-0.3, -0.25) is 19.7 Å². The summed E-state index contributed by atoms with van der Waals surface area (Å²) < 4.78 is 4.61. The van der Waals surface area contributed by atoms with Crippen molar-refractivity contribution in [2.24, 2.45) is 0 Å². The van der Waals surface area contributed by atoms with Gasteiger partial charge < -0.3 is 4.42 Å². The van der Waals surface area contributed by atoms with Gasteiger partial charge >= 0.3 is 5.88 Å². The summed E-state index contributed by atoms with van der Waals surface area (Å²) in [5.41, 5.74) is 0. The van der Waals surface area contributed by atoms with Gasteiger partial charge in [-0.15, -0.1) is 0 Å². The fourth-order valence-corrected chi connectivity index (χ4v) is 0.889. The molecule has 0 aliphatic carbocycles. The van der Waals surface area contributed by atoms with Crippen LogP contribution in [-0.4, -0.2) is 16.5 Å². The summed E-state index contributed by atoms with van der Waals surface area (Å²) in [5, 5.41) is 10.2. The molecule has 0 fully saturated rings. The molecule has 6 heteroatoms. The molecule has 0 atom stereocenters. The molecule has 0 unspecified atom stereocenters. The van der Waals surface area contributed by atoms with Crippen LogP contribution in [-0.2, 0) is 4.79 Å². The summed E-state index contributed by atoms with van der Waals surface area (Å²) in [6.07, 6.45) is -0.301. The quantitative estimate of drug-likeness (QED) is 0.314. The van der Waals surface area contributed by atoms with E-state index >= 15 is 0 Å². The number of ketones is 2. The summed E-state index contributed by atoms with van der Waals surface area (Å²) in [4.78, 5) is 31.2. The predicted octanol–water partition coefficient (Wildman–Crippen LogP) is 1.35. The second-order valence-corrected chi connectivity index (χ2v) is 2.70. The maximum Gasteiger partial charge on any atom is 0.433 e. The number of nitrogens with zero attached hydrogens (tertiary/aromatic N) is 1. The average molecular weight is 197 g/mol. The normalized spacial score (nSPS) is 9.79. The van der Waals surface area contributed by atoms with Crippen molar-refractivity contribution in [1.29, 1.82) is 0 Å². The molecule has 0 radical (unpaired) electrons. The van der Waals surface area contributed by atoms with E-state index in [0.29, 0.717) is 0 Å². The number of rotatable bonds is 4. The highest BCUT2D eigenvalue weighted by Crippen LogP contribution is 2.16. The van der Waals surface area contributed by atoms with E-state index in [9.17, 15) is 19.7 Å². The van der Waals surface area contributed by atoms with E-state index in [1.807, 2.05) is 0 Å². The van der Waals surface area contributed by atoms with Crippen molar-refractivity contribution in [3.8, 4) is 0 Å². The van der Waals surface area contributed by atoms with Gasteiger partial charge in [0.2, 0.25) is 5.78 Å². The molecule has 0 saturated heterocycles. The van der Waals surface area contributed by atoms with Crippen LogP contribution in [0.2, 0.25) is 0 Å². The van der Waals surface area contributed by atoms with E-state index in [4.69, 9.17) is 0 Å². The van der Waals surface area contributed by atoms with Crippen LogP contribution in [0, 0.1) is 10.1 Å². The molecule has 6 nitrogen and oxygen atoms in total. The van der Waals surface area contributed by atoms with Crippen LogP contribution in [0.3, 0.4) is 0 Å². The third kappa shape index (κ3) is 2.25. The molecule has 1 heterocycles. The van der Waals surface area contributed by atoms with Crippen LogP contribution < -0.4 is 0 Å². The Balaban J connectivity index is 2.81. The van der Waals surface area contributed by atoms with Gasteiger partial charge in [-0.25, -0.2) is 0 Å². The van der Waals surface area contributed by atoms with Crippen molar-refractivity contribution >= 4 is 17.5 Å². The third-order valence-electron chi connectivity index (χ3n) is 1.46. The molecule has 0 amide bonds. The lowest BCUT2D eigenvalue weighted by Gasteiger charge is -1.90. The Morgan fingerprint density at radius 3 is 2.57 bits per heavy atom. The van der Waals surface area contributed by atoms with E-state index in [1.54, 1.807) is 0 Å². The van der Waals surface area contributed by atoms with Crippen LogP contribution in [0.25, 0.3) is 0 Å². The molecule has 0 aromatic carbocycles. The minimum atomic E-state index is -0.745. The second kappa shape index (κ2) is 3.82. The Hall–Kier alpha value is -1.98. The summed E-state index contributed by atoms with van der Waals surface area (Å²) in [6.45, 7) is 1.26. The van der Waals surface area contributed by atoms with Gasteiger partial charge in [0, 0.05) is 0 Å². The molecule has 1 aromatic heterocycles. The molecular formula is C8H7NO5. The highest BCUT2D eigenvalue weighted by molar-refractivity contribution is 6.05. The molecule has 0 spiro atoms. The monoisotopic (exact) mass is 197 g/mol. The Bertz CT molecular complexity index is 392. The lowest BCUT2D eigenvalue weighted by molar-refractivity contribution is -0.402. The molecule has 0 bridgehead atoms. The molecule has 14 heavy (non-hydrogen) atoms. The van der Waals surface area contributed by atoms with Crippen molar-refractivity contribution in [2.45, 2.75) is 13.3 Å². The van der Waals surface area contributed by atoms with Crippen molar-refractivity contribution < 1.29 is 18.9 Å². The highest BCUT2D eigenvalue weighted by Gasteiger charge is 2.17. The number of nitro groups is 1. The number of carbonyl (C=O) groups is 2. The molecule has 1 rings (SSSR count). The SMILES string of the molecule is CC(=O)CC(=O)c1ccc([N+](=O)[O-])o1. The zero-order valence-electron chi connectivity index (χ0n) is 7.35. The third-order valence-corrected chi connectivity index (χ3v) is 1.46. The molecule has 1 aromatic rings. The van der Waals surface area contributed by atoms with Crippen LogP contribution >= 0.6 is 0 Å². The van der Waals surface area contributed by atoms with E-state index < -0.39 is 16.6 Å². The minimum Gasteiger partial charge on any atom is -0.397 e. The summed E-state index contributed by atoms with van der Waals surface area (Å²) in [6, 6.07) is 2.26. The average Bonchev–Trinajstić information content (AvgIpc) is 2.50. The topological polar surface area (TPSA) is 90.4 Å². The van der Waals surface area contributed by atoms with Gasteiger partial charge in [0.25, 0.3) is 0 Å². The molecule has 0 aliphatic heterocycles. The maximum absolute atomic E-state index is 11.2. The summed E-state index contributed by atoms with van der Waals surface area (Å²) in [7, 11) is 0.